The highest BCUT2D eigenvalue weighted by Gasteiger charge is 2.05. The Morgan fingerprint density at radius 1 is 1.50 bits per heavy atom. The fourth-order valence-corrected chi connectivity index (χ4v) is 1.49. The molecule has 0 aromatic carbocycles. The second-order valence-corrected chi connectivity index (χ2v) is 3.06. The Bertz CT molecular complexity index is 438. The highest BCUT2D eigenvalue weighted by atomic mass is 32.1. The van der Waals surface area contributed by atoms with Gasteiger partial charge in [-0.2, -0.15) is 0 Å². The van der Waals surface area contributed by atoms with Gasteiger partial charge in [-0.1, -0.05) is 0 Å². The summed E-state index contributed by atoms with van der Waals surface area (Å²) in [6, 6.07) is 3.19. The van der Waals surface area contributed by atoms with Gasteiger partial charge in [-0.05, 0) is 12.1 Å². The zero-order valence-electron chi connectivity index (χ0n) is 5.89. The summed E-state index contributed by atoms with van der Waals surface area (Å²) in [6.45, 7) is 0. The maximum atomic E-state index is 10.5. The molecular weight excluding hydrogens is 176 g/mol. The first-order chi connectivity index (χ1) is 5.77. The lowest BCUT2D eigenvalue weighted by Crippen LogP contribution is -1.99. The molecule has 2 aromatic heterocycles. The molecule has 0 bridgehead atoms. The zero-order chi connectivity index (χ0) is 8.55. The molecular formula is C7H4N2O2S. The SMILES string of the molecule is O=C(O)c1ccc2scnc2n1. The van der Waals surface area contributed by atoms with Crippen molar-refractivity contribution in [3.63, 3.8) is 0 Å². The van der Waals surface area contributed by atoms with Gasteiger partial charge >= 0.3 is 5.97 Å². The largest absolute Gasteiger partial charge is 0.477 e. The number of hydrogen-bond donors (Lipinski definition) is 1. The molecule has 0 spiro atoms. The van der Waals surface area contributed by atoms with Crippen LogP contribution < -0.4 is 0 Å². The van der Waals surface area contributed by atoms with E-state index >= 15 is 0 Å². The number of carboxylic acid groups (broad SMARTS) is 1. The minimum atomic E-state index is -1.02. The Balaban J connectivity index is 2.68. The summed E-state index contributed by atoms with van der Waals surface area (Å²) in [4.78, 5) is 18.2. The molecule has 0 fully saturated rings. The summed E-state index contributed by atoms with van der Waals surface area (Å²) >= 11 is 1.44. The van der Waals surface area contributed by atoms with Gasteiger partial charge in [0, 0.05) is 0 Å². The number of pyridine rings is 1. The monoisotopic (exact) mass is 180 g/mol. The molecule has 0 saturated heterocycles. The molecule has 0 unspecified atom stereocenters. The number of thiazole rings is 1. The molecule has 60 valence electrons. The Kier molecular flexibility index (Phi) is 1.51. The molecule has 2 aromatic rings. The second kappa shape index (κ2) is 2.53. The standard InChI is InChI=1S/C7H4N2O2S/c10-7(11)4-1-2-5-6(9-4)8-3-12-5/h1-3H,(H,10,11). The first kappa shape index (κ1) is 7.17. The van der Waals surface area contributed by atoms with E-state index in [4.69, 9.17) is 5.11 Å². The van der Waals surface area contributed by atoms with Crippen molar-refractivity contribution in [1.29, 1.82) is 0 Å². The molecule has 0 atom stereocenters. The lowest BCUT2D eigenvalue weighted by molar-refractivity contribution is 0.0691. The van der Waals surface area contributed by atoms with Crippen LogP contribution in [0.2, 0.25) is 0 Å². The third-order valence-electron chi connectivity index (χ3n) is 1.41. The second-order valence-electron chi connectivity index (χ2n) is 2.18. The minimum Gasteiger partial charge on any atom is -0.477 e. The van der Waals surface area contributed by atoms with E-state index in [0.29, 0.717) is 5.65 Å². The molecule has 1 N–H and O–H groups in total. The van der Waals surface area contributed by atoms with Gasteiger partial charge in [-0.15, -0.1) is 11.3 Å². The maximum Gasteiger partial charge on any atom is 0.354 e. The normalized spacial score (nSPS) is 10.3. The molecule has 12 heavy (non-hydrogen) atoms. The Labute approximate surface area is 71.5 Å². The Morgan fingerprint density at radius 2 is 2.33 bits per heavy atom. The van der Waals surface area contributed by atoms with Crippen LogP contribution in [0.1, 0.15) is 10.5 Å². The average Bonchev–Trinajstić information content (AvgIpc) is 2.49. The minimum absolute atomic E-state index is 0.0356. The molecule has 5 heteroatoms. The van der Waals surface area contributed by atoms with E-state index in [-0.39, 0.29) is 5.69 Å². The van der Waals surface area contributed by atoms with Crippen LogP contribution in [0.3, 0.4) is 0 Å². The van der Waals surface area contributed by atoms with Crippen molar-refractivity contribution >= 4 is 27.7 Å². The van der Waals surface area contributed by atoms with Crippen molar-refractivity contribution in [2.24, 2.45) is 0 Å². The molecule has 2 heterocycles. The predicted molar refractivity (Wildman–Crippen MR) is 44.4 cm³/mol. The van der Waals surface area contributed by atoms with E-state index < -0.39 is 5.97 Å². The van der Waals surface area contributed by atoms with E-state index in [9.17, 15) is 4.79 Å². The number of hydrogen-bond acceptors (Lipinski definition) is 4. The van der Waals surface area contributed by atoms with Gasteiger partial charge in [0.25, 0.3) is 0 Å². The van der Waals surface area contributed by atoms with Gasteiger partial charge < -0.3 is 5.11 Å². The molecule has 0 saturated carbocycles. The molecule has 0 aliphatic carbocycles. The van der Waals surface area contributed by atoms with Crippen LogP contribution in [0.4, 0.5) is 0 Å². The van der Waals surface area contributed by atoms with Crippen LogP contribution in [-0.4, -0.2) is 21.0 Å². The summed E-state index contributed by atoms with van der Waals surface area (Å²) in [5, 5.41) is 8.59. The molecule has 4 nitrogen and oxygen atoms in total. The predicted octanol–water partition coefficient (Wildman–Crippen LogP) is 1.39. The highest BCUT2D eigenvalue weighted by Crippen LogP contribution is 2.15. The molecule has 0 aliphatic heterocycles. The summed E-state index contributed by atoms with van der Waals surface area (Å²) in [5.41, 5.74) is 2.18. The number of carbonyl (C=O) groups is 1. The molecule has 0 aliphatic rings. The van der Waals surface area contributed by atoms with Gasteiger partial charge in [0.15, 0.2) is 11.3 Å². The average molecular weight is 180 g/mol. The smallest absolute Gasteiger partial charge is 0.354 e. The van der Waals surface area contributed by atoms with Crippen molar-refractivity contribution in [2.75, 3.05) is 0 Å². The van der Waals surface area contributed by atoms with Gasteiger partial charge in [0.05, 0.1) is 10.2 Å². The summed E-state index contributed by atoms with van der Waals surface area (Å²) in [6.07, 6.45) is 0. The van der Waals surface area contributed by atoms with E-state index in [2.05, 4.69) is 9.97 Å². The quantitative estimate of drug-likeness (QED) is 0.720. The van der Waals surface area contributed by atoms with Gasteiger partial charge in [0.1, 0.15) is 0 Å². The van der Waals surface area contributed by atoms with Crippen LogP contribution in [0.5, 0.6) is 0 Å². The van der Waals surface area contributed by atoms with E-state index in [0.717, 1.165) is 4.70 Å². The van der Waals surface area contributed by atoms with Gasteiger partial charge in [0.2, 0.25) is 0 Å². The van der Waals surface area contributed by atoms with Crippen molar-refractivity contribution in [3.8, 4) is 0 Å². The number of rotatable bonds is 1. The van der Waals surface area contributed by atoms with Crippen LogP contribution in [-0.2, 0) is 0 Å². The summed E-state index contributed by atoms with van der Waals surface area (Å²) in [5.74, 6) is -1.02. The fraction of sp³-hybridized carbons (Fsp3) is 0. The Hall–Kier alpha value is -1.49. The van der Waals surface area contributed by atoms with E-state index in [1.165, 1.54) is 17.4 Å². The van der Waals surface area contributed by atoms with Crippen LogP contribution in [0.15, 0.2) is 17.6 Å². The first-order valence-corrected chi connectivity index (χ1v) is 4.09. The number of carboxylic acids is 1. The maximum absolute atomic E-state index is 10.5. The number of nitrogens with zero attached hydrogens (tertiary/aromatic N) is 2. The van der Waals surface area contributed by atoms with Gasteiger partial charge in [-0.25, -0.2) is 14.8 Å². The Morgan fingerprint density at radius 3 is 3.08 bits per heavy atom. The van der Waals surface area contributed by atoms with Crippen LogP contribution >= 0.6 is 11.3 Å². The molecule has 2 rings (SSSR count). The first-order valence-electron chi connectivity index (χ1n) is 3.21. The summed E-state index contributed by atoms with van der Waals surface area (Å²) in [7, 11) is 0. The van der Waals surface area contributed by atoms with Gasteiger partial charge in [-0.3, -0.25) is 0 Å². The van der Waals surface area contributed by atoms with Crippen molar-refractivity contribution in [3.05, 3.63) is 23.3 Å². The van der Waals surface area contributed by atoms with Crippen molar-refractivity contribution in [2.45, 2.75) is 0 Å². The van der Waals surface area contributed by atoms with Crippen LogP contribution in [0, 0.1) is 0 Å². The van der Waals surface area contributed by atoms with Crippen LogP contribution in [0.25, 0.3) is 10.3 Å². The third-order valence-corrected chi connectivity index (χ3v) is 2.20. The zero-order valence-corrected chi connectivity index (χ0v) is 6.71. The highest BCUT2D eigenvalue weighted by molar-refractivity contribution is 7.16. The lowest BCUT2D eigenvalue weighted by atomic mass is 10.3. The third kappa shape index (κ3) is 1.04. The van der Waals surface area contributed by atoms with E-state index in [1.807, 2.05) is 0 Å². The molecule has 0 amide bonds. The fourth-order valence-electron chi connectivity index (χ4n) is 0.872. The lowest BCUT2D eigenvalue weighted by Gasteiger charge is -1.90. The number of aromatic carboxylic acids is 1. The van der Waals surface area contributed by atoms with E-state index in [1.54, 1.807) is 11.6 Å². The topological polar surface area (TPSA) is 63.1 Å². The number of aromatic nitrogens is 2. The number of fused-ring (bicyclic) bond motifs is 1. The summed E-state index contributed by atoms with van der Waals surface area (Å²) < 4.78 is 0.903. The van der Waals surface area contributed by atoms with Crippen molar-refractivity contribution in [1.82, 2.24) is 9.97 Å². The molecule has 0 radical (unpaired) electrons. The van der Waals surface area contributed by atoms with Crippen molar-refractivity contribution < 1.29 is 9.90 Å².